The molecule has 0 N–H and O–H groups in total. The third-order valence-electron chi connectivity index (χ3n) is 4.17. The molecule has 0 atom stereocenters. The zero-order valence-electron chi connectivity index (χ0n) is 13.5. The third kappa shape index (κ3) is 3.64. The lowest BCUT2D eigenvalue weighted by Crippen LogP contribution is -2.48. The van der Waals surface area contributed by atoms with E-state index in [0.29, 0.717) is 13.1 Å². The van der Waals surface area contributed by atoms with Gasteiger partial charge in [0.15, 0.2) is 0 Å². The van der Waals surface area contributed by atoms with Crippen molar-refractivity contribution in [3.8, 4) is 0 Å². The summed E-state index contributed by atoms with van der Waals surface area (Å²) < 4.78 is 39.9. The van der Waals surface area contributed by atoms with Crippen LogP contribution in [0.2, 0.25) is 5.02 Å². The number of hydrogen-bond donors (Lipinski definition) is 0. The number of anilines is 1. The molecular formula is C16H15ClFN3O4S. The number of nitro groups is 1. The van der Waals surface area contributed by atoms with Crippen molar-refractivity contribution in [1.82, 2.24) is 4.31 Å². The molecule has 10 heteroatoms. The average molecular weight is 400 g/mol. The summed E-state index contributed by atoms with van der Waals surface area (Å²) in [5.41, 5.74) is 0.467. The maximum atomic E-state index is 13.0. The highest BCUT2D eigenvalue weighted by Gasteiger charge is 2.31. The van der Waals surface area contributed by atoms with E-state index in [9.17, 15) is 22.9 Å². The van der Waals surface area contributed by atoms with Crippen molar-refractivity contribution >= 4 is 33.0 Å². The van der Waals surface area contributed by atoms with E-state index >= 15 is 0 Å². The maximum absolute atomic E-state index is 13.0. The first-order chi connectivity index (χ1) is 12.3. The summed E-state index contributed by atoms with van der Waals surface area (Å²) in [7, 11) is -3.95. The van der Waals surface area contributed by atoms with E-state index in [1.165, 1.54) is 22.5 Å². The Hall–Kier alpha value is -2.23. The second-order valence-electron chi connectivity index (χ2n) is 5.74. The molecule has 0 bridgehead atoms. The minimum absolute atomic E-state index is 0.0587. The van der Waals surface area contributed by atoms with Crippen LogP contribution in [0.25, 0.3) is 0 Å². The molecule has 0 aromatic heterocycles. The van der Waals surface area contributed by atoms with Gasteiger partial charge in [-0.05, 0) is 30.3 Å². The first-order valence-electron chi connectivity index (χ1n) is 7.73. The molecule has 26 heavy (non-hydrogen) atoms. The second kappa shape index (κ2) is 7.18. The Morgan fingerprint density at radius 2 is 1.65 bits per heavy atom. The Morgan fingerprint density at radius 1 is 1.04 bits per heavy atom. The minimum Gasteiger partial charge on any atom is -0.369 e. The van der Waals surface area contributed by atoms with Gasteiger partial charge in [-0.15, -0.1) is 0 Å². The lowest BCUT2D eigenvalue weighted by Gasteiger charge is -2.35. The second-order valence-corrected chi connectivity index (χ2v) is 8.05. The molecule has 0 radical (unpaired) electrons. The molecule has 2 aromatic rings. The van der Waals surface area contributed by atoms with Gasteiger partial charge >= 0.3 is 0 Å². The first kappa shape index (κ1) is 18.6. The van der Waals surface area contributed by atoms with Crippen LogP contribution in [0.3, 0.4) is 0 Å². The Bertz CT molecular complexity index is 929. The molecule has 1 heterocycles. The van der Waals surface area contributed by atoms with Gasteiger partial charge in [-0.3, -0.25) is 10.1 Å². The standard InChI is InChI=1S/C16H15ClFN3O4S/c17-15-6-5-14(21(22)23)11-16(15)26(24,25)20-9-7-19(8-10-20)13-3-1-12(18)2-4-13/h1-6,11H,7-10H2. The van der Waals surface area contributed by atoms with E-state index in [1.54, 1.807) is 12.1 Å². The van der Waals surface area contributed by atoms with Crippen LogP contribution in [0.4, 0.5) is 15.8 Å². The van der Waals surface area contributed by atoms with Crippen molar-refractivity contribution in [2.24, 2.45) is 0 Å². The lowest BCUT2D eigenvalue weighted by atomic mass is 10.2. The minimum atomic E-state index is -3.95. The molecular weight excluding hydrogens is 385 g/mol. The van der Waals surface area contributed by atoms with Gasteiger partial charge in [0.1, 0.15) is 10.7 Å². The van der Waals surface area contributed by atoms with Gasteiger partial charge in [0.25, 0.3) is 5.69 Å². The molecule has 0 spiro atoms. The van der Waals surface area contributed by atoms with E-state index in [2.05, 4.69) is 0 Å². The van der Waals surface area contributed by atoms with Gasteiger partial charge in [0, 0.05) is 44.0 Å². The molecule has 3 rings (SSSR count). The van der Waals surface area contributed by atoms with E-state index < -0.39 is 14.9 Å². The van der Waals surface area contributed by atoms with Gasteiger partial charge < -0.3 is 4.90 Å². The molecule has 0 aliphatic carbocycles. The summed E-state index contributed by atoms with van der Waals surface area (Å²) in [4.78, 5) is 11.9. The molecule has 1 saturated heterocycles. The Morgan fingerprint density at radius 3 is 2.23 bits per heavy atom. The fourth-order valence-electron chi connectivity index (χ4n) is 2.78. The molecule has 7 nitrogen and oxygen atoms in total. The van der Waals surface area contributed by atoms with Gasteiger partial charge in [-0.1, -0.05) is 11.6 Å². The largest absolute Gasteiger partial charge is 0.369 e. The highest BCUT2D eigenvalue weighted by molar-refractivity contribution is 7.89. The first-order valence-corrected chi connectivity index (χ1v) is 9.55. The smallest absolute Gasteiger partial charge is 0.270 e. The Labute approximate surface area is 154 Å². The number of benzene rings is 2. The van der Waals surface area contributed by atoms with Crippen LogP contribution in [-0.4, -0.2) is 43.8 Å². The monoisotopic (exact) mass is 399 g/mol. The van der Waals surface area contributed by atoms with Crippen LogP contribution in [0.1, 0.15) is 0 Å². The van der Waals surface area contributed by atoms with Crippen molar-refractivity contribution < 1.29 is 17.7 Å². The van der Waals surface area contributed by atoms with Crippen molar-refractivity contribution in [2.75, 3.05) is 31.1 Å². The SMILES string of the molecule is O=[N+]([O-])c1ccc(Cl)c(S(=O)(=O)N2CCN(c3ccc(F)cc3)CC2)c1. The lowest BCUT2D eigenvalue weighted by molar-refractivity contribution is -0.385. The van der Waals surface area contributed by atoms with E-state index in [1.807, 2.05) is 4.90 Å². The third-order valence-corrected chi connectivity index (χ3v) is 6.55. The molecule has 0 saturated carbocycles. The number of halogens is 2. The van der Waals surface area contributed by atoms with Crippen molar-refractivity contribution in [1.29, 1.82) is 0 Å². The predicted molar refractivity (Wildman–Crippen MR) is 95.5 cm³/mol. The summed E-state index contributed by atoms with van der Waals surface area (Å²) in [5.74, 6) is -0.338. The quantitative estimate of drug-likeness (QED) is 0.583. The molecule has 1 aliphatic rings. The van der Waals surface area contributed by atoms with Gasteiger partial charge in [-0.2, -0.15) is 4.31 Å². The fraction of sp³-hybridized carbons (Fsp3) is 0.250. The van der Waals surface area contributed by atoms with Crippen LogP contribution >= 0.6 is 11.6 Å². The van der Waals surface area contributed by atoms with Crippen molar-refractivity contribution in [3.05, 3.63) is 63.4 Å². The molecule has 1 fully saturated rings. The molecule has 2 aromatic carbocycles. The highest BCUT2D eigenvalue weighted by Crippen LogP contribution is 2.29. The Balaban J connectivity index is 1.79. The normalized spacial score (nSPS) is 15.8. The number of hydrogen-bond acceptors (Lipinski definition) is 5. The summed E-state index contributed by atoms with van der Waals surface area (Å²) in [5, 5.41) is 10.9. The van der Waals surface area contributed by atoms with E-state index in [0.717, 1.165) is 17.8 Å². The molecule has 138 valence electrons. The van der Waals surface area contributed by atoms with E-state index in [-0.39, 0.29) is 34.5 Å². The fourth-order valence-corrected chi connectivity index (χ4v) is 4.70. The van der Waals surface area contributed by atoms with E-state index in [4.69, 9.17) is 11.6 Å². The van der Waals surface area contributed by atoms with Gasteiger partial charge in [0.05, 0.1) is 9.95 Å². The van der Waals surface area contributed by atoms with Crippen molar-refractivity contribution in [3.63, 3.8) is 0 Å². The number of rotatable bonds is 4. The number of sulfonamides is 1. The summed E-state index contributed by atoms with van der Waals surface area (Å²) in [6.07, 6.45) is 0. The Kier molecular flexibility index (Phi) is 5.12. The van der Waals surface area contributed by atoms with Crippen LogP contribution in [0.15, 0.2) is 47.4 Å². The molecule has 0 amide bonds. The van der Waals surface area contributed by atoms with Gasteiger partial charge in [-0.25, -0.2) is 12.8 Å². The zero-order valence-corrected chi connectivity index (χ0v) is 15.1. The zero-order chi connectivity index (χ0) is 18.9. The highest BCUT2D eigenvalue weighted by atomic mass is 35.5. The van der Waals surface area contributed by atoms with Crippen molar-refractivity contribution in [2.45, 2.75) is 4.90 Å². The number of nitro benzene ring substituents is 1. The predicted octanol–water partition coefficient (Wildman–Crippen LogP) is 2.90. The maximum Gasteiger partial charge on any atom is 0.270 e. The van der Waals surface area contributed by atoms with Gasteiger partial charge in [0.2, 0.25) is 10.0 Å². The van der Waals surface area contributed by atoms with Crippen LogP contribution in [-0.2, 0) is 10.0 Å². The van der Waals surface area contributed by atoms with Crippen LogP contribution in [0, 0.1) is 15.9 Å². The summed E-state index contributed by atoms with van der Waals surface area (Å²) in [6.45, 7) is 1.21. The van der Waals surface area contributed by atoms with Crippen LogP contribution in [0.5, 0.6) is 0 Å². The molecule has 1 aliphatic heterocycles. The summed E-state index contributed by atoms with van der Waals surface area (Å²) >= 11 is 5.97. The number of piperazine rings is 1. The topological polar surface area (TPSA) is 83.8 Å². The number of non-ortho nitro benzene ring substituents is 1. The molecule has 0 unspecified atom stereocenters. The van der Waals surface area contributed by atoms with Crippen LogP contribution < -0.4 is 4.90 Å². The summed E-state index contributed by atoms with van der Waals surface area (Å²) in [6, 6.07) is 9.32. The average Bonchev–Trinajstić information content (AvgIpc) is 2.62. The number of nitrogens with zero attached hydrogens (tertiary/aromatic N) is 3.